The monoisotopic (exact) mass is 400 g/mol. The first-order chi connectivity index (χ1) is 9.51. The van der Waals surface area contributed by atoms with Crippen LogP contribution in [0.2, 0.25) is 0 Å². The largest absolute Gasteiger partial charge is 0.495 e. The molecule has 2 N–H and O–H groups in total. The number of anilines is 1. The Morgan fingerprint density at radius 1 is 1.25 bits per heavy atom. The Labute approximate surface area is 131 Å². The van der Waals surface area contributed by atoms with E-state index in [0.29, 0.717) is 15.9 Å². The van der Waals surface area contributed by atoms with Crippen molar-refractivity contribution in [1.29, 1.82) is 0 Å². The number of benzene rings is 1. The minimum absolute atomic E-state index is 0.280. The van der Waals surface area contributed by atoms with Gasteiger partial charge in [0.2, 0.25) is 5.56 Å². The van der Waals surface area contributed by atoms with Gasteiger partial charge in [0.1, 0.15) is 5.75 Å². The second-order valence-corrected chi connectivity index (χ2v) is 5.57. The summed E-state index contributed by atoms with van der Waals surface area (Å²) in [6, 6.07) is 6.21. The van der Waals surface area contributed by atoms with Gasteiger partial charge in [0.25, 0.3) is 5.91 Å². The van der Waals surface area contributed by atoms with Crippen LogP contribution in [-0.4, -0.2) is 18.0 Å². The van der Waals surface area contributed by atoms with Crippen LogP contribution in [-0.2, 0) is 0 Å². The molecule has 2 aromatic rings. The van der Waals surface area contributed by atoms with Gasteiger partial charge in [-0.2, -0.15) is 0 Å². The molecular formula is C13H10Br2N2O3. The first-order valence-corrected chi connectivity index (χ1v) is 7.13. The lowest BCUT2D eigenvalue weighted by Crippen LogP contribution is -2.15. The van der Waals surface area contributed by atoms with Gasteiger partial charge in [0.15, 0.2) is 0 Å². The highest BCUT2D eigenvalue weighted by Gasteiger charge is 2.11. The first-order valence-electron chi connectivity index (χ1n) is 5.54. The molecule has 0 radical (unpaired) electrons. The molecular weight excluding hydrogens is 392 g/mol. The van der Waals surface area contributed by atoms with Gasteiger partial charge < -0.3 is 15.0 Å². The summed E-state index contributed by atoms with van der Waals surface area (Å²) in [5.74, 6) is 0.218. The maximum absolute atomic E-state index is 12.1. The summed E-state index contributed by atoms with van der Waals surface area (Å²) in [7, 11) is 1.54. The number of halogens is 2. The Hall–Kier alpha value is -1.60. The number of hydrogen-bond acceptors (Lipinski definition) is 3. The van der Waals surface area contributed by atoms with Crippen molar-refractivity contribution < 1.29 is 9.53 Å². The van der Waals surface area contributed by atoms with Gasteiger partial charge in [-0.1, -0.05) is 0 Å². The van der Waals surface area contributed by atoms with Crippen molar-refractivity contribution in [2.24, 2.45) is 0 Å². The highest BCUT2D eigenvalue weighted by molar-refractivity contribution is 9.11. The normalized spacial score (nSPS) is 10.2. The molecule has 1 amide bonds. The Morgan fingerprint density at radius 3 is 2.65 bits per heavy atom. The molecule has 2 rings (SSSR count). The van der Waals surface area contributed by atoms with E-state index in [2.05, 4.69) is 42.2 Å². The number of carbonyl (C=O) groups is 1. The zero-order chi connectivity index (χ0) is 14.7. The molecule has 0 aliphatic heterocycles. The zero-order valence-corrected chi connectivity index (χ0v) is 13.5. The fourth-order valence-electron chi connectivity index (χ4n) is 1.56. The first kappa shape index (κ1) is 14.8. The average Bonchev–Trinajstić information content (AvgIpc) is 2.41. The third kappa shape index (κ3) is 3.29. The van der Waals surface area contributed by atoms with E-state index >= 15 is 0 Å². The van der Waals surface area contributed by atoms with Crippen LogP contribution in [0.4, 0.5) is 5.69 Å². The molecule has 20 heavy (non-hydrogen) atoms. The minimum atomic E-state index is -0.374. The van der Waals surface area contributed by atoms with Crippen LogP contribution in [0.5, 0.6) is 5.75 Å². The highest BCUT2D eigenvalue weighted by Crippen LogP contribution is 2.34. The van der Waals surface area contributed by atoms with Crippen LogP contribution in [0.1, 0.15) is 10.4 Å². The van der Waals surface area contributed by atoms with Crippen molar-refractivity contribution in [3.05, 3.63) is 55.3 Å². The van der Waals surface area contributed by atoms with Crippen LogP contribution in [0.15, 0.2) is 44.2 Å². The Bertz CT molecular complexity index is 713. The number of ether oxygens (including phenoxy) is 1. The van der Waals surface area contributed by atoms with Crippen LogP contribution < -0.4 is 15.6 Å². The van der Waals surface area contributed by atoms with Gasteiger partial charge in [0.05, 0.1) is 17.3 Å². The Balaban J connectivity index is 2.30. The quantitative estimate of drug-likeness (QED) is 0.829. The molecule has 0 atom stereocenters. The highest BCUT2D eigenvalue weighted by atomic mass is 79.9. The van der Waals surface area contributed by atoms with E-state index in [0.717, 1.165) is 4.47 Å². The summed E-state index contributed by atoms with van der Waals surface area (Å²) in [6.45, 7) is 0. The van der Waals surface area contributed by atoms with E-state index in [1.165, 1.54) is 25.4 Å². The van der Waals surface area contributed by atoms with Gasteiger partial charge >= 0.3 is 0 Å². The average molecular weight is 402 g/mol. The van der Waals surface area contributed by atoms with Gasteiger partial charge in [-0.3, -0.25) is 9.59 Å². The number of hydrogen-bond donors (Lipinski definition) is 2. The van der Waals surface area contributed by atoms with Crippen LogP contribution in [0.3, 0.4) is 0 Å². The smallest absolute Gasteiger partial charge is 0.255 e. The summed E-state index contributed by atoms with van der Waals surface area (Å²) in [5, 5.41) is 2.72. The number of carbonyl (C=O) groups excluding carboxylic acids is 1. The SMILES string of the molecule is COc1cc(NC(=O)c2cc[nH]c(=O)c2)c(Br)cc1Br. The number of methoxy groups -OCH3 is 1. The van der Waals surface area contributed by atoms with Gasteiger partial charge in [-0.15, -0.1) is 0 Å². The van der Waals surface area contributed by atoms with Crippen molar-refractivity contribution in [2.45, 2.75) is 0 Å². The molecule has 1 aromatic heterocycles. The maximum Gasteiger partial charge on any atom is 0.255 e. The van der Waals surface area contributed by atoms with E-state index in [1.807, 2.05) is 0 Å². The number of H-pyrrole nitrogens is 1. The van der Waals surface area contributed by atoms with Crippen molar-refractivity contribution in [1.82, 2.24) is 4.98 Å². The molecule has 0 aliphatic rings. The predicted octanol–water partition coefficient (Wildman–Crippen LogP) is 3.16. The third-order valence-corrected chi connectivity index (χ3v) is 3.80. The molecule has 5 nitrogen and oxygen atoms in total. The number of rotatable bonds is 3. The van der Waals surface area contributed by atoms with Crippen molar-refractivity contribution >= 4 is 43.5 Å². The second kappa shape index (κ2) is 6.23. The van der Waals surface area contributed by atoms with E-state index in [9.17, 15) is 9.59 Å². The standard InChI is InChI=1S/C13H10Br2N2O3/c1-20-11-6-10(8(14)5-9(11)15)17-13(19)7-2-3-16-12(18)4-7/h2-6H,1H3,(H,16,18)(H,17,19). The summed E-state index contributed by atoms with van der Waals surface area (Å²) in [5.41, 5.74) is 0.503. The number of aromatic amines is 1. The number of nitrogens with one attached hydrogen (secondary N) is 2. The molecule has 1 heterocycles. The Morgan fingerprint density at radius 2 is 2.00 bits per heavy atom. The van der Waals surface area contributed by atoms with Crippen LogP contribution in [0.25, 0.3) is 0 Å². The van der Waals surface area contributed by atoms with Crippen LogP contribution >= 0.6 is 31.9 Å². The van der Waals surface area contributed by atoms with Crippen molar-refractivity contribution in [3.63, 3.8) is 0 Å². The van der Waals surface area contributed by atoms with Gasteiger partial charge in [0, 0.05) is 28.4 Å². The molecule has 1 aromatic carbocycles. The minimum Gasteiger partial charge on any atom is -0.495 e. The summed E-state index contributed by atoms with van der Waals surface area (Å²) >= 11 is 6.71. The summed E-state index contributed by atoms with van der Waals surface area (Å²) in [4.78, 5) is 25.7. The number of pyridine rings is 1. The van der Waals surface area contributed by atoms with E-state index in [1.54, 1.807) is 12.1 Å². The molecule has 0 saturated carbocycles. The summed E-state index contributed by atoms with van der Waals surface area (Å²) < 4.78 is 6.64. The molecule has 0 spiro atoms. The lowest BCUT2D eigenvalue weighted by Gasteiger charge is -2.11. The third-order valence-electron chi connectivity index (χ3n) is 2.53. The molecule has 7 heteroatoms. The van der Waals surface area contributed by atoms with Crippen molar-refractivity contribution in [3.8, 4) is 5.75 Å². The second-order valence-electron chi connectivity index (χ2n) is 3.86. The van der Waals surface area contributed by atoms with E-state index < -0.39 is 0 Å². The van der Waals surface area contributed by atoms with E-state index in [4.69, 9.17) is 4.74 Å². The fraction of sp³-hybridized carbons (Fsp3) is 0.0769. The molecule has 0 bridgehead atoms. The Kier molecular flexibility index (Phi) is 4.61. The zero-order valence-electron chi connectivity index (χ0n) is 10.4. The molecule has 0 aliphatic carbocycles. The van der Waals surface area contributed by atoms with Gasteiger partial charge in [-0.05, 0) is 44.0 Å². The molecule has 0 saturated heterocycles. The van der Waals surface area contributed by atoms with E-state index in [-0.39, 0.29) is 17.0 Å². The maximum atomic E-state index is 12.1. The molecule has 104 valence electrons. The summed E-state index contributed by atoms with van der Waals surface area (Å²) in [6.07, 6.45) is 1.43. The molecule has 0 unspecified atom stereocenters. The molecule has 0 fully saturated rings. The lowest BCUT2D eigenvalue weighted by atomic mass is 10.2. The van der Waals surface area contributed by atoms with Gasteiger partial charge in [-0.25, -0.2) is 0 Å². The predicted molar refractivity (Wildman–Crippen MR) is 83.4 cm³/mol. The number of amides is 1. The van der Waals surface area contributed by atoms with Crippen molar-refractivity contribution in [2.75, 3.05) is 12.4 Å². The lowest BCUT2D eigenvalue weighted by molar-refractivity contribution is 0.102. The number of aromatic nitrogens is 1. The fourth-order valence-corrected chi connectivity index (χ4v) is 2.82. The van der Waals surface area contributed by atoms with Crippen LogP contribution in [0, 0.1) is 0 Å². The topological polar surface area (TPSA) is 71.2 Å².